The molecule has 0 spiro atoms. The number of ether oxygens (including phenoxy) is 1. The third kappa shape index (κ3) is 4.61. The van der Waals surface area contributed by atoms with Gasteiger partial charge in [-0.05, 0) is 13.0 Å². The Bertz CT molecular complexity index is 246. The zero-order valence-electron chi connectivity index (χ0n) is 11.1. The van der Waals surface area contributed by atoms with E-state index in [0.717, 1.165) is 19.7 Å². The molecule has 100 valence electrons. The summed E-state index contributed by atoms with van der Waals surface area (Å²) in [7, 11) is 2.06. The van der Waals surface area contributed by atoms with Crippen molar-refractivity contribution in [1.82, 2.24) is 10.2 Å². The summed E-state index contributed by atoms with van der Waals surface area (Å²) in [6.07, 6.45) is 0.100. The van der Waals surface area contributed by atoms with E-state index in [0.29, 0.717) is 13.1 Å². The van der Waals surface area contributed by atoms with Gasteiger partial charge in [0, 0.05) is 26.2 Å². The Morgan fingerprint density at radius 1 is 1.59 bits per heavy atom. The van der Waals surface area contributed by atoms with Crippen molar-refractivity contribution in [3.63, 3.8) is 0 Å². The largest absolute Gasteiger partial charge is 0.374 e. The summed E-state index contributed by atoms with van der Waals surface area (Å²) in [5.74, 6) is 0.214. The highest BCUT2D eigenvalue weighted by molar-refractivity contribution is 5.79. The number of nitrogens with two attached hydrogens (primary N) is 1. The van der Waals surface area contributed by atoms with Gasteiger partial charge in [-0.15, -0.1) is 0 Å². The predicted molar refractivity (Wildman–Crippen MR) is 67.6 cm³/mol. The Morgan fingerprint density at radius 2 is 2.29 bits per heavy atom. The van der Waals surface area contributed by atoms with Crippen LogP contribution in [0.25, 0.3) is 0 Å². The minimum atomic E-state index is -0.101. The maximum Gasteiger partial charge on any atom is 0.224 e. The molecule has 17 heavy (non-hydrogen) atoms. The maximum atomic E-state index is 11.9. The van der Waals surface area contributed by atoms with Crippen LogP contribution in [0.3, 0.4) is 0 Å². The summed E-state index contributed by atoms with van der Waals surface area (Å²) in [5, 5.41) is 2.93. The minimum Gasteiger partial charge on any atom is -0.374 e. The third-order valence-corrected chi connectivity index (χ3v) is 3.24. The Balaban J connectivity index is 2.31. The summed E-state index contributed by atoms with van der Waals surface area (Å²) in [6, 6.07) is 0. The lowest BCUT2D eigenvalue weighted by Crippen LogP contribution is -2.48. The lowest BCUT2D eigenvalue weighted by molar-refractivity contribution is -0.127. The monoisotopic (exact) mass is 243 g/mol. The van der Waals surface area contributed by atoms with E-state index in [4.69, 9.17) is 10.5 Å². The molecular weight excluding hydrogens is 218 g/mol. The zero-order chi connectivity index (χ0) is 12.8. The first kappa shape index (κ1) is 14.4. The highest BCUT2D eigenvalue weighted by Gasteiger charge is 2.23. The van der Waals surface area contributed by atoms with Crippen molar-refractivity contribution in [2.24, 2.45) is 17.6 Å². The number of nitrogens with one attached hydrogen (secondary N) is 1. The third-order valence-electron chi connectivity index (χ3n) is 3.24. The van der Waals surface area contributed by atoms with Gasteiger partial charge in [0.2, 0.25) is 5.91 Å². The molecule has 0 aromatic rings. The number of likely N-dealkylation sites (N-methyl/N-ethyl adjacent to an activating group) is 1. The summed E-state index contributed by atoms with van der Waals surface area (Å²) < 4.78 is 5.58. The fourth-order valence-corrected chi connectivity index (χ4v) is 2.02. The molecule has 1 fully saturated rings. The fraction of sp³-hybridized carbons (Fsp3) is 0.917. The lowest BCUT2D eigenvalue weighted by atomic mass is 9.95. The maximum absolute atomic E-state index is 11.9. The average molecular weight is 243 g/mol. The van der Waals surface area contributed by atoms with Crippen molar-refractivity contribution in [1.29, 1.82) is 0 Å². The fourth-order valence-electron chi connectivity index (χ4n) is 2.02. The van der Waals surface area contributed by atoms with Crippen molar-refractivity contribution in [2.75, 3.05) is 39.8 Å². The first-order chi connectivity index (χ1) is 8.04. The molecule has 0 aromatic carbocycles. The van der Waals surface area contributed by atoms with Crippen LogP contribution in [0.4, 0.5) is 0 Å². The summed E-state index contributed by atoms with van der Waals surface area (Å²) >= 11 is 0. The van der Waals surface area contributed by atoms with Crippen molar-refractivity contribution < 1.29 is 9.53 Å². The van der Waals surface area contributed by atoms with Gasteiger partial charge in [0.05, 0.1) is 18.6 Å². The first-order valence-electron chi connectivity index (χ1n) is 6.32. The van der Waals surface area contributed by atoms with E-state index in [2.05, 4.69) is 17.3 Å². The zero-order valence-corrected chi connectivity index (χ0v) is 11.1. The molecule has 3 N–H and O–H groups in total. The smallest absolute Gasteiger partial charge is 0.224 e. The molecule has 2 unspecified atom stereocenters. The van der Waals surface area contributed by atoms with E-state index in [1.807, 2.05) is 13.8 Å². The van der Waals surface area contributed by atoms with Crippen LogP contribution < -0.4 is 11.1 Å². The van der Waals surface area contributed by atoms with Crippen LogP contribution in [-0.2, 0) is 9.53 Å². The normalized spacial score (nSPS) is 23.7. The van der Waals surface area contributed by atoms with Gasteiger partial charge >= 0.3 is 0 Å². The van der Waals surface area contributed by atoms with Crippen molar-refractivity contribution in [3.05, 3.63) is 0 Å². The molecule has 1 amide bonds. The van der Waals surface area contributed by atoms with E-state index >= 15 is 0 Å². The topological polar surface area (TPSA) is 67.6 Å². The van der Waals surface area contributed by atoms with Crippen LogP contribution in [0.5, 0.6) is 0 Å². The Morgan fingerprint density at radius 3 is 2.82 bits per heavy atom. The number of rotatable bonds is 5. The molecule has 0 radical (unpaired) electrons. The predicted octanol–water partition coefficient (Wildman–Crippen LogP) is -0.336. The van der Waals surface area contributed by atoms with Crippen molar-refractivity contribution >= 4 is 5.91 Å². The molecule has 1 saturated heterocycles. The van der Waals surface area contributed by atoms with Crippen LogP contribution in [-0.4, -0.2) is 56.7 Å². The van der Waals surface area contributed by atoms with E-state index in [-0.39, 0.29) is 23.8 Å². The van der Waals surface area contributed by atoms with Gasteiger partial charge in [-0.25, -0.2) is 0 Å². The SMILES string of the molecule is CC(C)C(CN)C(=O)NCC1CN(C)CCO1. The minimum absolute atomic E-state index is 0.0410. The van der Waals surface area contributed by atoms with E-state index in [1.54, 1.807) is 0 Å². The molecule has 1 aliphatic heterocycles. The quantitative estimate of drug-likeness (QED) is 0.693. The summed E-state index contributed by atoms with van der Waals surface area (Å²) in [4.78, 5) is 14.1. The average Bonchev–Trinajstić information content (AvgIpc) is 2.27. The number of hydrogen-bond donors (Lipinski definition) is 2. The van der Waals surface area contributed by atoms with Gasteiger partial charge in [0.25, 0.3) is 0 Å². The molecule has 0 aliphatic carbocycles. The standard InChI is InChI=1S/C12H25N3O2/c1-9(2)11(6-13)12(16)14-7-10-8-15(3)4-5-17-10/h9-11H,4-8,13H2,1-3H3,(H,14,16). The van der Waals surface area contributed by atoms with Crippen LogP contribution in [0.1, 0.15) is 13.8 Å². The number of carbonyl (C=O) groups is 1. The Kier molecular flexibility index (Phi) is 5.88. The molecule has 5 heteroatoms. The van der Waals surface area contributed by atoms with Crippen LogP contribution in [0.15, 0.2) is 0 Å². The molecular formula is C12H25N3O2. The van der Waals surface area contributed by atoms with Crippen LogP contribution in [0, 0.1) is 11.8 Å². The van der Waals surface area contributed by atoms with Crippen molar-refractivity contribution in [2.45, 2.75) is 20.0 Å². The van der Waals surface area contributed by atoms with E-state index in [1.165, 1.54) is 0 Å². The molecule has 1 rings (SSSR count). The van der Waals surface area contributed by atoms with Crippen LogP contribution in [0.2, 0.25) is 0 Å². The highest BCUT2D eigenvalue weighted by atomic mass is 16.5. The van der Waals surface area contributed by atoms with Gasteiger partial charge < -0.3 is 20.7 Å². The summed E-state index contributed by atoms with van der Waals surface area (Å²) in [5.41, 5.74) is 5.61. The number of nitrogens with zero attached hydrogens (tertiary/aromatic N) is 1. The number of carbonyl (C=O) groups excluding carboxylic acids is 1. The molecule has 2 atom stereocenters. The van der Waals surface area contributed by atoms with Gasteiger partial charge in [0.1, 0.15) is 0 Å². The molecule has 0 saturated carbocycles. The highest BCUT2D eigenvalue weighted by Crippen LogP contribution is 2.09. The number of amides is 1. The van der Waals surface area contributed by atoms with Gasteiger partial charge in [-0.3, -0.25) is 4.79 Å². The first-order valence-corrected chi connectivity index (χ1v) is 6.32. The molecule has 5 nitrogen and oxygen atoms in total. The molecule has 1 heterocycles. The summed E-state index contributed by atoms with van der Waals surface area (Å²) in [6.45, 7) is 7.57. The molecule has 1 aliphatic rings. The number of hydrogen-bond acceptors (Lipinski definition) is 4. The molecule has 0 aromatic heterocycles. The Labute approximate surface area is 104 Å². The van der Waals surface area contributed by atoms with Gasteiger partial charge in [-0.1, -0.05) is 13.8 Å². The lowest BCUT2D eigenvalue weighted by Gasteiger charge is -2.30. The molecule has 0 bridgehead atoms. The van der Waals surface area contributed by atoms with Crippen LogP contribution >= 0.6 is 0 Å². The second kappa shape index (κ2) is 6.93. The van der Waals surface area contributed by atoms with Gasteiger partial charge in [0.15, 0.2) is 0 Å². The van der Waals surface area contributed by atoms with Gasteiger partial charge in [-0.2, -0.15) is 0 Å². The van der Waals surface area contributed by atoms with Crippen molar-refractivity contribution in [3.8, 4) is 0 Å². The van der Waals surface area contributed by atoms with E-state index in [9.17, 15) is 4.79 Å². The number of morpholine rings is 1. The Hall–Kier alpha value is -0.650. The second-order valence-electron chi connectivity index (χ2n) is 5.09. The second-order valence-corrected chi connectivity index (χ2v) is 5.09. The van der Waals surface area contributed by atoms with E-state index < -0.39 is 0 Å².